The van der Waals surface area contributed by atoms with Crippen molar-refractivity contribution in [3.05, 3.63) is 187 Å². The highest BCUT2D eigenvalue weighted by Gasteiger charge is 2.24. The summed E-state index contributed by atoms with van der Waals surface area (Å²) in [6.07, 6.45) is 4.90. The number of hydrogen-bond donors (Lipinski definition) is 1. The number of aliphatic imine (C=N–C) groups is 2. The Morgan fingerprint density at radius 3 is 1.87 bits per heavy atom. The lowest BCUT2D eigenvalue weighted by Gasteiger charge is -2.25. The molecule has 1 unspecified atom stereocenters. The second-order valence-corrected chi connectivity index (χ2v) is 13.0. The normalized spacial score (nSPS) is 14.3. The van der Waals surface area contributed by atoms with E-state index in [0.717, 1.165) is 61.2 Å². The maximum atomic E-state index is 5.28. The van der Waals surface area contributed by atoms with Crippen molar-refractivity contribution in [1.82, 2.24) is 20.3 Å². The van der Waals surface area contributed by atoms with Gasteiger partial charge < -0.3 is 5.32 Å². The van der Waals surface area contributed by atoms with Gasteiger partial charge in [-0.1, -0.05) is 109 Å². The van der Waals surface area contributed by atoms with Crippen LogP contribution in [-0.4, -0.2) is 26.6 Å². The van der Waals surface area contributed by atoms with E-state index in [0.29, 0.717) is 5.84 Å². The Morgan fingerprint density at radius 1 is 0.462 bits per heavy atom. The molecule has 1 aliphatic heterocycles. The largest absolute Gasteiger partial charge is 0.344 e. The molecule has 0 radical (unpaired) electrons. The summed E-state index contributed by atoms with van der Waals surface area (Å²) in [7, 11) is 0. The third-order valence-electron chi connectivity index (χ3n) is 9.79. The summed E-state index contributed by atoms with van der Waals surface area (Å²) in [6, 6.07) is 52.9. The molecule has 6 heteroatoms. The molecular formula is C46H30N6. The standard InChI is InChI=1S/C46H30N6/c1-3-12-29(13-4-1)44-50-45(30-14-5-2-6-15-30)52-46(51-44)35-26-33(39-28-40-43(49-23-22-47-40)38-20-11-21-48-42(38)39)25-34(27-35)41-36-18-9-7-16-31(36)24-32-17-8-10-19-37(32)41/h1-28,46H,(H,50,51,52). The molecule has 244 valence electrons. The summed E-state index contributed by atoms with van der Waals surface area (Å²) >= 11 is 0. The van der Waals surface area contributed by atoms with E-state index in [-0.39, 0.29) is 0 Å². The quantitative estimate of drug-likeness (QED) is 0.147. The molecule has 0 saturated carbocycles. The average molecular weight is 667 g/mol. The van der Waals surface area contributed by atoms with Crippen molar-refractivity contribution in [2.45, 2.75) is 6.17 Å². The van der Waals surface area contributed by atoms with Crippen molar-refractivity contribution in [3.8, 4) is 22.3 Å². The van der Waals surface area contributed by atoms with E-state index in [4.69, 9.17) is 24.9 Å². The van der Waals surface area contributed by atoms with Crippen LogP contribution in [0.15, 0.2) is 180 Å². The Bertz CT molecular complexity index is 2830. The fraction of sp³-hybridized carbons (Fsp3) is 0.0217. The Kier molecular flexibility index (Phi) is 7.10. The van der Waals surface area contributed by atoms with Gasteiger partial charge in [0.2, 0.25) is 0 Å². The molecule has 3 heterocycles. The highest BCUT2D eigenvalue weighted by molar-refractivity contribution is 6.15. The minimum atomic E-state index is -0.428. The van der Waals surface area contributed by atoms with E-state index >= 15 is 0 Å². The zero-order valence-electron chi connectivity index (χ0n) is 28.0. The van der Waals surface area contributed by atoms with Gasteiger partial charge in [-0.05, 0) is 86.3 Å². The third kappa shape index (κ3) is 5.17. The van der Waals surface area contributed by atoms with E-state index in [1.54, 1.807) is 12.4 Å². The second kappa shape index (κ2) is 12.4. The highest BCUT2D eigenvalue weighted by Crippen LogP contribution is 2.41. The number of hydrogen-bond acceptors (Lipinski definition) is 6. The van der Waals surface area contributed by atoms with Gasteiger partial charge in [0.15, 0.2) is 5.84 Å². The SMILES string of the molecule is c1ccc(C2=NC(c3cc(-c4c5ccccc5cc5ccccc45)cc(-c4cc5nccnc5c5cccnc45)c3)NC(c3ccccc3)=N2)cc1. The first kappa shape index (κ1) is 29.8. The van der Waals surface area contributed by atoms with Crippen LogP contribution in [0.5, 0.6) is 0 Å². The maximum Gasteiger partial charge on any atom is 0.159 e. The van der Waals surface area contributed by atoms with Crippen LogP contribution < -0.4 is 5.32 Å². The summed E-state index contributed by atoms with van der Waals surface area (Å²) < 4.78 is 0. The lowest BCUT2D eigenvalue weighted by atomic mass is 9.88. The van der Waals surface area contributed by atoms with Gasteiger partial charge in [-0.15, -0.1) is 0 Å². The number of nitrogens with one attached hydrogen (secondary N) is 1. The molecule has 2 aromatic heterocycles. The minimum Gasteiger partial charge on any atom is -0.344 e. The second-order valence-electron chi connectivity index (χ2n) is 13.0. The Morgan fingerprint density at radius 2 is 1.10 bits per heavy atom. The Labute approximate surface area is 299 Å². The van der Waals surface area contributed by atoms with E-state index in [1.807, 2.05) is 48.7 Å². The molecule has 10 rings (SSSR count). The molecule has 1 atom stereocenters. The zero-order valence-corrected chi connectivity index (χ0v) is 28.0. The highest BCUT2D eigenvalue weighted by atomic mass is 15.2. The molecule has 52 heavy (non-hydrogen) atoms. The van der Waals surface area contributed by atoms with Gasteiger partial charge >= 0.3 is 0 Å². The summed E-state index contributed by atoms with van der Waals surface area (Å²) in [6.45, 7) is 0. The molecule has 9 aromatic rings. The number of nitrogens with zero attached hydrogens (tertiary/aromatic N) is 5. The fourth-order valence-electron chi connectivity index (χ4n) is 7.41. The van der Waals surface area contributed by atoms with Crippen LogP contribution in [0.2, 0.25) is 0 Å². The van der Waals surface area contributed by atoms with Crippen molar-refractivity contribution < 1.29 is 0 Å². The van der Waals surface area contributed by atoms with Gasteiger partial charge in [-0.2, -0.15) is 0 Å². The Balaban J connectivity index is 1.27. The summed E-state index contributed by atoms with van der Waals surface area (Å²) in [5.41, 5.74) is 9.75. The number of aromatic nitrogens is 3. The molecule has 1 aliphatic rings. The molecule has 7 aromatic carbocycles. The molecule has 0 spiro atoms. The first-order valence-electron chi connectivity index (χ1n) is 17.4. The van der Waals surface area contributed by atoms with Gasteiger partial charge in [0, 0.05) is 40.7 Å². The van der Waals surface area contributed by atoms with Crippen LogP contribution in [0.25, 0.3) is 65.7 Å². The molecule has 1 N–H and O–H groups in total. The van der Waals surface area contributed by atoms with Crippen LogP contribution >= 0.6 is 0 Å². The van der Waals surface area contributed by atoms with E-state index in [9.17, 15) is 0 Å². The number of pyridine rings is 1. The summed E-state index contributed by atoms with van der Waals surface area (Å²) in [5, 5.41) is 9.43. The molecule has 0 fully saturated rings. The monoisotopic (exact) mass is 666 g/mol. The smallest absolute Gasteiger partial charge is 0.159 e. The van der Waals surface area contributed by atoms with Crippen molar-refractivity contribution in [2.24, 2.45) is 9.98 Å². The fourth-order valence-corrected chi connectivity index (χ4v) is 7.41. The number of rotatable bonds is 5. The maximum absolute atomic E-state index is 5.28. The molecule has 0 amide bonds. The molecule has 0 saturated heterocycles. The summed E-state index contributed by atoms with van der Waals surface area (Å²) in [5.74, 6) is 1.45. The average Bonchev–Trinajstić information content (AvgIpc) is 3.22. The molecular weight excluding hydrogens is 637 g/mol. The topological polar surface area (TPSA) is 75.4 Å². The predicted octanol–water partition coefficient (Wildman–Crippen LogP) is 10.3. The first-order chi connectivity index (χ1) is 25.8. The molecule has 0 bridgehead atoms. The van der Waals surface area contributed by atoms with Gasteiger partial charge in [-0.25, -0.2) is 9.98 Å². The van der Waals surface area contributed by atoms with E-state index in [2.05, 4.69) is 115 Å². The lowest BCUT2D eigenvalue weighted by Crippen LogP contribution is -2.33. The molecule has 0 aliphatic carbocycles. The number of benzene rings is 7. The van der Waals surface area contributed by atoms with Crippen LogP contribution in [0, 0.1) is 0 Å². The minimum absolute atomic E-state index is 0.428. The number of fused-ring (bicyclic) bond motifs is 5. The van der Waals surface area contributed by atoms with E-state index in [1.165, 1.54) is 27.1 Å². The third-order valence-corrected chi connectivity index (χ3v) is 9.79. The van der Waals surface area contributed by atoms with Crippen LogP contribution in [0.4, 0.5) is 0 Å². The zero-order chi connectivity index (χ0) is 34.4. The van der Waals surface area contributed by atoms with Gasteiger partial charge in [0.05, 0.1) is 16.6 Å². The predicted molar refractivity (Wildman–Crippen MR) is 213 cm³/mol. The molecule has 6 nitrogen and oxygen atoms in total. The Hall–Kier alpha value is -7.05. The van der Waals surface area contributed by atoms with Crippen LogP contribution in [0.1, 0.15) is 22.9 Å². The van der Waals surface area contributed by atoms with Crippen LogP contribution in [-0.2, 0) is 0 Å². The lowest BCUT2D eigenvalue weighted by molar-refractivity contribution is 0.675. The first-order valence-corrected chi connectivity index (χ1v) is 17.4. The summed E-state index contributed by atoms with van der Waals surface area (Å²) in [4.78, 5) is 24.7. The number of amidine groups is 2. The van der Waals surface area contributed by atoms with Crippen molar-refractivity contribution >= 4 is 55.2 Å². The van der Waals surface area contributed by atoms with Gasteiger partial charge in [0.1, 0.15) is 12.0 Å². The van der Waals surface area contributed by atoms with Gasteiger partial charge in [0.25, 0.3) is 0 Å². The van der Waals surface area contributed by atoms with Crippen molar-refractivity contribution in [1.29, 1.82) is 0 Å². The van der Waals surface area contributed by atoms with Crippen LogP contribution in [0.3, 0.4) is 0 Å². The van der Waals surface area contributed by atoms with Crippen molar-refractivity contribution in [2.75, 3.05) is 0 Å². The van der Waals surface area contributed by atoms with Gasteiger partial charge in [-0.3, -0.25) is 15.0 Å². The van der Waals surface area contributed by atoms with Crippen molar-refractivity contribution in [3.63, 3.8) is 0 Å². The van der Waals surface area contributed by atoms with E-state index < -0.39 is 6.17 Å².